The van der Waals surface area contributed by atoms with Gasteiger partial charge in [0.2, 0.25) is 0 Å². The molecule has 2 rings (SSSR count). The van der Waals surface area contributed by atoms with Crippen LogP contribution in [0.15, 0.2) is 35.4 Å². The average molecular weight is 280 g/mol. The lowest BCUT2D eigenvalue weighted by Gasteiger charge is -2.11. The van der Waals surface area contributed by atoms with Gasteiger partial charge in [0.1, 0.15) is 0 Å². The molecule has 0 fully saturated rings. The number of hydrogen-bond acceptors (Lipinski definition) is 5. The van der Waals surface area contributed by atoms with Crippen molar-refractivity contribution in [1.82, 2.24) is 15.0 Å². The van der Waals surface area contributed by atoms with Crippen LogP contribution >= 0.6 is 0 Å². The van der Waals surface area contributed by atoms with E-state index in [4.69, 9.17) is 0 Å². The predicted molar refractivity (Wildman–Crippen MR) is 72.5 cm³/mol. The maximum absolute atomic E-state index is 12.0. The molecule has 0 aliphatic heterocycles. The van der Waals surface area contributed by atoms with E-state index in [-0.39, 0.29) is 5.75 Å². The molecule has 0 atom stereocenters. The number of aryl methyl sites for hydroxylation is 1. The second kappa shape index (κ2) is 5.40. The second-order valence-electron chi connectivity index (χ2n) is 4.10. The summed E-state index contributed by atoms with van der Waals surface area (Å²) in [5.41, 5.74) is 1.48. The van der Waals surface area contributed by atoms with E-state index in [1.54, 1.807) is 49.1 Å². The first-order valence-electron chi connectivity index (χ1n) is 5.94. The van der Waals surface area contributed by atoms with Gasteiger partial charge in [0.15, 0.2) is 9.84 Å². The minimum Gasteiger partial charge on any atom is -0.378 e. The average Bonchev–Trinajstić information content (AvgIpc) is 2.82. The molecular weight excluding hydrogens is 264 g/mol. The van der Waals surface area contributed by atoms with Crippen molar-refractivity contribution in [2.75, 3.05) is 11.1 Å². The highest BCUT2D eigenvalue weighted by Gasteiger charge is 2.15. The van der Waals surface area contributed by atoms with Gasteiger partial charge in [-0.15, -0.1) is 5.10 Å². The van der Waals surface area contributed by atoms with Crippen LogP contribution in [0.25, 0.3) is 0 Å². The molecule has 1 heterocycles. The number of para-hydroxylation sites is 1. The third-order valence-electron chi connectivity index (χ3n) is 2.87. The molecule has 1 aromatic carbocycles. The highest BCUT2D eigenvalue weighted by molar-refractivity contribution is 7.91. The summed E-state index contributed by atoms with van der Waals surface area (Å²) < 4.78 is 25.6. The quantitative estimate of drug-likeness (QED) is 0.891. The monoisotopic (exact) mass is 280 g/mol. The molecule has 0 unspecified atom stereocenters. The number of nitrogens with one attached hydrogen (secondary N) is 1. The van der Waals surface area contributed by atoms with Gasteiger partial charge in [-0.25, -0.2) is 8.42 Å². The zero-order valence-electron chi connectivity index (χ0n) is 10.9. The molecule has 0 spiro atoms. The summed E-state index contributed by atoms with van der Waals surface area (Å²) in [4.78, 5) is 0.327. The van der Waals surface area contributed by atoms with E-state index in [0.29, 0.717) is 17.1 Å². The van der Waals surface area contributed by atoms with Crippen molar-refractivity contribution in [2.45, 2.75) is 18.4 Å². The minimum absolute atomic E-state index is 0.0823. The van der Waals surface area contributed by atoms with Gasteiger partial charge >= 0.3 is 0 Å². The smallest absolute Gasteiger partial charge is 0.180 e. The van der Waals surface area contributed by atoms with E-state index < -0.39 is 9.84 Å². The van der Waals surface area contributed by atoms with E-state index in [9.17, 15) is 8.42 Å². The molecule has 0 amide bonds. The van der Waals surface area contributed by atoms with Crippen molar-refractivity contribution in [3.63, 3.8) is 0 Å². The van der Waals surface area contributed by atoms with E-state index >= 15 is 0 Å². The van der Waals surface area contributed by atoms with Gasteiger partial charge in [0.05, 0.1) is 34.8 Å². The van der Waals surface area contributed by atoms with Crippen LogP contribution in [0, 0.1) is 0 Å². The van der Waals surface area contributed by atoms with Crippen LogP contribution in [0.5, 0.6) is 0 Å². The first-order chi connectivity index (χ1) is 9.04. The van der Waals surface area contributed by atoms with Crippen LogP contribution in [-0.4, -0.2) is 29.2 Å². The van der Waals surface area contributed by atoms with Crippen molar-refractivity contribution >= 4 is 15.5 Å². The van der Waals surface area contributed by atoms with Gasteiger partial charge in [-0.2, -0.15) is 0 Å². The van der Waals surface area contributed by atoms with E-state index in [1.807, 2.05) is 0 Å². The molecule has 19 heavy (non-hydrogen) atoms. The molecule has 6 nitrogen and oxygen atoms in total. The molecule has 0 bridgehead atoms. The number of rotatable bonds is 5. The number of anilines is 1. The Balaban J connectivity index is 2.24. The van der Waals surface area contributed by atoms with Crippen LogP contribution in [0.3, 0.4) is 0 Å². The molecule has 1 aromatic heterocycles. The molecule has 0 saturated heterocycles. The SMILES string of the molecule is CCS(=O)(=O)c1ccccc1NCc1cnnn1C. The van der Waals surface area contributed by atoms with Crippen LogP contribution in [0.4, 0.5) is 5.69 Å². The molecule has 0 aliphatic carbocycles. The molecule has 1 N–H and O–H groups in total. The maximum Gasteiger partial charge on any atom is 0.180 e. The van der Waals surface area contributed by atoms with Crippen molar-refractivity contribution in [3.05, 3.63) is 36.2 Å². The molecule has 2 aromatic rings. The van der Waals surface area contributed by atoms with Gasteiger partial charge in [-0.1, -0.05) is 24.3 Å². The van der Waals surface area contributed by atoms with Gasteiger partial charge in [0, 0.05) is 7.05 Å². The molecule has 0 aliphatic rings. The number of sulfone groups is 1. The van der Waals surface area contributed by atoms with Gasteiger partial charge in [-0.3, -0.25) is 4.68 Å². The lowest BCUT2D eigenvalue weighted by Crippen LogP contribution is -2.10. The van der Waals surface area contributed by atoms with Crippen LogP contribution < -0.4 is 5.32 Å². The Bertz CT molecular complexity index is 664. The summed E-state index contributed by atoms with van der Waals surface area (Å²) in [5.74, 6) is 0.0823. The van der Waals surface area contributed by atoms with E-state index in [1.165, 1.54) is 0 Å². The fraction of sp³-hybridized carbons (Fsp3) is 0.333. The summed E-state index contributed by atoms with van der Waals surface area (Å²) in [6.07, 6.45) is 1.64. The Hall–Kier alpha value is -1.89. The first-order valence-corrected chi connectivity index (χ1v) is 7.59. The summed E-state index contributed by atoms with van der Waals surface area (Å²) in [7, 11) is -1.44. The van der Waals surface area contributed by atoms with Crippen molar-refractivity contribution in [3.8, 4) is 0 Å². The Kier molecular flexibility index (Phi) is 3.84. The third kappa shape index (κ3) is 2.93. The lowest BCUT2D eigenvalue weighted by molar-refractivity contribution is 0.597. The second-order valence-corrected chi connectivity index (χ2v) is 6.35. The normalized spacial score (nSPS) is 11.5. The van der Waals surface area contributed by atoms with Gasteiger partial charge < -0.3 is 5.32 Å². The van der Waals surface area contributed by atoms with E-state index in [2.05, 4.69) is 15.6 Å². The maximum atomic E-state index is 12.0. The largest absolute Gasteiger partial charge is 0.378 e. The fourth-order valence-electron chi connectivity index (χ4n) is 1.70. The Labute approximate surface area is 112 Å². The Morgan fingerprint density at radius 2 is 2.05 bits per heavy atom. The van der Waals surface area contributed by atoms with Crippen LogP contribution in [-0.2, 0) is 23.4 Å². The highest BCUT2D eigenvalue weighted by atomic mass is 32.2. The van der Waals surface area contributed by atoms with E-state index in [0.717, 1.165) is 5.69 Å². The number of aromatic nitrogens is 3. The highest BCUT2D eigenvalue weighted by Crippen LogP contribution is 2.22. The zero-order chi connectivity index (χ0) is 13.9. The minimum atomic E-state index is -3.23. The fourth-order valence-corrected chi connectivity index (χ4v) is 2.77. The van der Waals surface area contributed by atoms with Gasteiger partial charge in [-0.05, 0) is 12.1 Å². The van der Waals surface area contributed by atoms with Crippen LogP contribution in [0.1, 0.15) is 12.6 Å². The summed E-state index contributed by atoms with van der Waals surface area (Å²) in [6.45, 7) is 2.11. The third-order valence-corrected chi connectivity index (χ3v) is 4.66. The number of hydrogen-bond donors (Lipinski definition) is 1. The molecule has 0 radical (unpaired) electrons. The lowest BCUT2D eigenvalue weighted by atomic mass is 10.3. The predicted octanol–water partition coefficient (Wildman–Crippen LogP) is 1.22. The van der Waals surface area contributed by atoms with Gasteiger partial charge in [0.25, 0.3) is 0 Å². The van der Waals surface area contributed by atoms with Crippen molar-refractivity contribution < 1.29 is 8.42 Å². The topological polar surface area (TPSA) is 76.9 Å². The van der Waals surface area contributed by atoms with Crippen molar-refractivity contribution in [2.24, 2.45) is 7.05 Å². The number of benzene rings is 1. The van der Waals surface area contributed by atoms with Crippen LogP contribution in [0.2, 0.25) is 0 Å². The standard InChI is InChI=1S/C12H16N4O2S/c1-3-19(17,18)12-7-5-4-6-11(12)13-8-10-9-14-15-16(10)2/h4-7,9,13H,3,8H2,1-2H3. The zero-order valence-corrected chi connectivity index (χ0v) is 11.7. The molecule has 0 saturated carbocycles. The summed E-state index contributed by atoms with van der Waals surface area (Å²) >= 11 is 0. The molecule has 102 valence electrons. The summed E-state index contributed by atoms with van der Waals surface area (Å²) in [6, 6.07) is 6.90. The van der Waals surface area contributed by atoms with Crippen molar-refractivity contribution in [1.29, 1.82) is 0 Å². The number of nitrogens with zero attached hydrogens (tertiary/aromatic N) is 3. The Morgan fingerprint density at radius 3 is 2.68 bits per heavy atom. The molecular formula is C12H16N4O2S. The first kappa shape index (κ1) is 13.5. The summed E-state index contributed by atoms with van der Waals surface area (Å²) in [5, 5.41) is 10.7. The Morgan fingerprint density at radius 1 is 1.32 bits per heavy atom. The molecule has 7 heteroatoms.